The van der Waals surface area contributed by atoms with Crippen LogP contribution in [0.25, 0.3) is 0 Å². The SMILES string of the molecule is O=C(O)C[C@H](O)c1cc(Br)ccc1F. The van der Waals surface area contributed by atoms with Gasteiger partial charge in [-0.1, -0.05) is 15.9 Å². The van der Waals surface area contributed by atoms with E-state index >= 15 is 0 Å². The van der Waals surface area contributed by atoms with Gasteiger partial charge in [0.25, 0.3) is 0 Å². The summed E-state index contributed by atoms with van der Waals surface area (Å²) in [5.41, 5.74) is -0.0122. The summed E-state index contributed by atoms with van der Waals surface area (Å²) < 4.78 is 13.7. The fraction of sp³-hybridized carbons (Fsp3) is 0.222. The molecule has 0 aliphatic rings. The normalized spacial score (nSPS) is 12.5. The summed E-state index contributed by atoms with van der Waals surface area (Å²) in [5.74, 6) is -1.78. The van der Waals surface area contributed by atoms with Crippen molar-refractivity contribution < 1.29 is 19.4 Å². The maximum absolute atomic E-state index is 13.1. The number of benzene rings is 1. The molecule has 0 saturated heterocycles. The molecule has 0 spiro atoms. The third-order valence-electron chi connectivity index (χ3n) is 1.69. The van der Waals surface area contributed by atoms with E-state index in [0.717, 1.165) is 0 Å². The molecular weight excluding hydrogens is 255 g/mol. The number of carboxylic acids is 1. The lowest BCUT2D eigenvalue weighted by molar-refractivity contribution is -0.139. The second-order valence-electron chi connectivity index (χ2n) is 2.78. The molecule has 0 aliphatic carbocycles. The first-order chi connectivity index (χ1) is 6.50. The van der Waals surface area contributed by atoms with Crippen LogP contribution in [-0.4, -0.2) is 16.2 Å². The molecule has 1 rings (SSSR count). The lowest BCUT2D eigenvalue weighted by Gasteiger charge is -2.09. The molecule has 5 heteroatoms. The van der Waals surface area contributed by atoms with Crippen LogP contribution in [-0.2, 0) is 4.79 Å². The van der Waals surface area contributed by atoms with Crippen molar-refractivity contribution in [3.05, 3.63) is 34.1 Å². The third-order valence-corrected chi connectivity index (χ3v) is 2.18. The Labute approximate surface area is 88.3 Å². The van der Waals surface area contributed by atoms with Gasteiger partial charge in [-0.15, -0.1) is 0 Å². The van der Waals surface area contributed by atoms with Gasteiger partial charge in [0.1, 0.15) is 5.82 Å². The molecular formula is C9H8BrFO3. The Balaban J connectivity index is 2.93. The maximum Gasteiger partial charge on any atom is 0.306 e. The molecule has 0 bridgehead atoms. The van der Waals surface area contributed by atoms with Gasteiger partial charge in [-0.25, -0.2) is 4.39 Å². The van der Waals surface area contributed by atoms with E-state index in [4.69, 9.17) is 5.11 Å². The number of halogens is 2. The first-order valence-corrected chi connectivity index (χ1v) is 4.65. The Morgan fingerprint density at radius 1 is 1.57 bits per heavy atom. The van der Waals surface area contributed by atoms with Crippen LogP contribution in [0, 0.1) is 5.82 Å². The van der Waals surface area contributed by atoms with E-state index in [1.807, 2.05) is 0 Å². The Bertz CT molecular complexity index is 354. The van der Waals surface area contributed by atoms with Crippen molar-refractivity contribution in [3.63, 3.8) is 0 Å². The van der Waals surface area contributed by atoms with Gasteiger partial charge >= 0.3 is 5.97 Å². The van der Waals surface area contributed by atoms with Crippen LogP contribution in [0.4, 0.5) is 4.39 Å². The maximum atomic E-state index is 13.1. The molecule has 1 atom stereocenters. The smallest absolute Gasteiger partial charge is 0.306 e. The third kappa shape index (κ3) is 2.78. The minimum atomic E-state index is -1.31. The highest BCUT2D eigenvalue weighted by Gasteiger charge is 2.16. The number of carboxylic acid groups (broad SMARTS) is 1. The van der Waals surface area contributed by atoms with Gasteiger partial charge in [0.05, 0.1) is 12.5 Å². The van der Waals surface area contributed by atoms with Gasteiger partial charge in [0.15, 0.2) is 0 Å². The van der Waals surface area contributed by atoms with Crippen molar-refractivity contribution in [1.29, 1.82) is 0 Å². The number of hydrogen-bond acceptors (Lipinski definition) is 2. The summed E-state index contributed by atoms with van der Waals surface area (Å²) in [6.07, 6.45) is -1.82. The molecule has 3 nitrogen and oxygen atoms in total. The van der Waals surface area contributed by atoms with Crippen molar-refractivity contribution >= 4 is 21.9 Å². The zero-order valence-corrected chi connectivity index (χ0v) is 8.66. The molecule has 1 aromatic carbocycles. The molecule has 0 saturated carbocycles. The van der Waals surface area contributed by atoms with E-state index in [-0.39, 0.29) is 5.56 Å². The second-order valence-corrected chi connectivity index (χ2v) is 3.70. The summed E-state index contributed by atoms with van der Waals surface area (Å²) in [6, 6.07) is 4.01. The van der Waals surface area contributed by atoms with Gasteiger partial charge in [0.2, 0.25) is 0 Å². The van der Waals surface area contributed by atoms with E-state index < -0.39 is 24.3 Å². The molecule has 0 heterocycles. The number of aliphatic carboxylic acids is 1. The van der Waals surface area contributed by atoms with E-state index in [2.05, 4.69) is 15.9 Å². The fourth-order valence-corrected chi connectivity index (χ4v) is 1.42. The summed E-state index contributed by atoms with van der Waals surface area (Å²) in [7, 11) is 0. The lowest BCUT2D eigenvalue weighted by Crippen LogP contribution is -2.07. The molecule has 0 amide bonds. The average molecular weight is 263 g/mol. The zero-order valence-electron chi connectivity index (χ0n) is 7.08. The number of aliphatic hydroxyl groups excluding tert-OH is 1. The van der Waals surface area contributed by atoms with Crippen LogP contribution in [0.15, 0.2) is 22.7 Å². The summed E-state index contributed by atoms with van der Waals surface area (Å²) in [6.45, 7) is 0. The topological polar surface area (TPSA) is 57.5 Å². The second kappa shape index (κ2) is 4.52. The van der Waals surface area contributed by atoms with E-state index in [0.29, 0.717) is 4.47 Å². The van der Waals surface area contributed by atoms with Crippen LogP contribution in [0.3, 0.4) is 0 Å². The van der Waals surface area contributed by atoms with Gasteiger partial charge in [-0.3, -0.25) is 4.79 Å². The Morgan fingerprint density at radius 3 is 2.79 bits per heavy atom. The minimum Gasteiger partial charge on any atom is -0.481 e. The molecule has 0 aliphatic heterocycles. The first-order valence-electron chi connectivity index (χ1n) is 3.85. The Hall–Kier alpha value is -0.940. The molecule has 0 radical (unpaired) electrons. The van der Waals surface area contributed by atoms with Crippen molar-refractivity contribution in [1.82, 2.24) is 0 Å². The van der Waals surface area contributed by atoms with Gasteiger partial charge < -0.3 is 10.2 Å². The summed E-state index contributed by atoms with van der Waals surface area (Å²) >= 11 is 3.11. The van der Waals surface area contributed by atoms with Crippen molar-refractivity contribution in [3.8, 4) is 0 Å². The first kappa shape index (κ1) is 11.1. The molecule has 14 heavy (non-hydrogen) atoms. The molecule has 0 fully saturated rings. The predicted octanol–water partition coefficient (Wildman–Crippen LogP) is 2.10. The van der Waals surface area contributed by atoms with E-state index in [1.165, 1.54) is 18.2 Å². The largest absolute Gasteiger partial charge is 0.481 e. The van der Waals surface area contributed by atoms with Gasteiger partial charge in [-0.2, -0.15) is 0 Å². The minimum absolute atomic E-state index is 0.0122. The highest BCUT2D eigenvalue weighted by molar-refractivity contribution is 9.10. The fourth-order valence-electron chi connectivity index (χ4n) is 1.05. The highest BCUT2D eigenvalue weighted by Crippen LogP contribution is 2.23. The van der Waals surface area contributed by atoms with E-state index in [1.54, 1.807) is 0 Å². The number of rotatable bonds is 3. The van der Waals surface area contributed by atoms with Gasteiger partial charge in [0, 0.05) is 10.0 Å². The van der Waals surface area contributed by atoms with Gasteiger partial charge in [-0.05, 0) is 18.2 Å². The Kier molecular flexibility index (Phi) is 3.60. The van der Waals surface area contributed by atoms with Crippen LogP contribution < -0.4 is 0 Å². The molecule has 0 aromatic heterocycles. The molecule has 1 aromatic rings. The van der Waals surface area contributed by atoms with Crippen LogP contribution in [0.2, 0.25) is 0 Å². The monoisotopic (exact) mass is 262 g/mol. The van der Waals surface area contributed by atoms with Crippen molar-refractivity contribution in [2.45, 2.75) is 12.5 Å². The number of aliphatic hydroxyl groups is 1. The standard InChI is InChI=1S/C9H8BrFO3/c10-5-1-2-7(11)6(3-5)8(12)4-9(13)14/h1-3,8,12H,4H2,(H,13,14)/t8-/m0/s1. The quantitative estimate of drug-likeness (QED) is 0.877. The predicted molar refractivity (Wildman–Crippen MR) is 51.3 cm³/mol. The molecule has 0 unspecified atom stereocenters. The van der Waals surface area contributed by atoms with E-state index in [9.17, 15) is 14.3 Å². The summed E-state index contributed by atoms with van der Waals surface area (Å²) in [5, 5.41) is 17.8. The van der Waals surface area contributed by atoms with Crippen LogP contribution in [0.5, 0.6) is 0 Å². The number of carbonyl (C=O) groups is 1. The van der Waals surface area contributed by atoms with Crippen LogP contribution in [0.1, 0.15) is 18.1 Å². The van der Waals surface area contributed by atoms with Crippen molar-refractivity contribution in [2.24, 2.45) is 0 Å². The lowest BCUT2D eigenvalue weighted by atomic mass is 10.1. The zero-order chi connectivity index (χ0) is 10.7. The Morgan fingerprint density at radius 2 is 2.21 bits per heavy atom. The number of hydrogen-bond donors (Lipinski definition) is 2. The molecule has 76 valence electrons. The van der Waals surface area contributed by atoms with Crippen LogP contribution >= 0.6 is 15.9 Å². The average Bonchev–Trinajstić information content (AvgIpc) is 2.08. The highest BCUT2D eigenvalue weighted by atomic mass is 79.9. The van der Waals surface area contributed by atoms with Crippen molar-refractivity contribution in [2.75, 3.05) is 0 Å². The molecule has 2 N–H and O–H groups in total. The summed E-state index contributed by atoms with van der Waals surface area (Å²) in [4.78, 5) is 10.3.